The Hall–Kier alpha value is -2.06. The van der Waals surface area contributed by atoms with Crippen LogP contribution >= 0.6 is 23.1 Å². The van der Waals surface area contributed by atoms with E-state index in [1.165, 1.54) is 30.2 Å². The molecule has 8 heteroatoms. The fourth-order valence-electron chi connectivity index (χ4n) is 3.07. The van der Waals surface area contributed by atoms with Crippen molar-refractivity contribution in [3.63, 3.8) is 0 Å². The topological polar surface area (TPSA) is 84.1 Å². The van der Waals surface area contributed by atoms with Crippen LogP contribution in [0.4, 0.5) is 5.82 Å². The number of fused-ring (bicyclic) bond motifs is 1. The molecule has 0 amide bonds. The van der Waals surface area contributed by atoms with E-state index in [0.717, 1.165) is 16.2 Å². The molecule has 6 nitrogen and oxygen atoms in total. The van der Waals surface area contributed by atoms with Gasteiger partial charge in [-0.25, -0.2) is 9.78 Å². The van der Waals surface area contributed by atoms with Gasteiger partial charge in [0.05, 0.1) is 24.2 Å². The number of aryl methyl sites for hydroxylation is 1. The first-order valence-corrected chi connectivity index (χ1v) is 10.6. The molecule has 1 unspecified atom stereocenters. The molecule has 0 fully saturated rings. The van der Waals surface area contributed by atoms with Crippen LogP contribution in [0.2, 0.25) is 0 Å². The Morgan fingerprint density at radius 3 is 2.74 bits per heavy atom. The number of ether oxygens (including phenoxy) is 1. The van der Waals surface area contributed by atoms with Gasteiger partial charge in [0.1, 0.15) is 5.82 Å². The lowest BCUT2D eigenvalue weighted by atomic mass is 9.85. The zero-order chi connectivity index (χ0) is 19.7. The van der Waals surface area contributed by atoms with Gasteiger partial charge >= 0.3 is 5.97 Å². The maximum Gasteiger partial charge on any atom is 0.336 e. The third kappa shape index (κ3) is 3.82. The van der Waals surface area contributed by atoms with Gasteiger partial charge in [-0.15, -0.1) is 11.3 Å². The van der Waals surface area contributed by atoms with Crippen molar-refractivity contribution in [2.24, 2.45) is 5.92 Å². The maximum absolute atomic E-state index is 13.0. The van der Waals surface area contributed by atoms with Crippen LogP contribution < -0.4 is 10.9 Å². The van der Waals surface area contributed by atoms with Gasteiger partial charge in [0.2, 0.25) is 0 Å². The summed E-state index contributed by atoms with van der Waals surface area (Å²) in [5, 5.41) is 5.69. The van der Waals surface area contributed by atoms with Crippen molar-refractivity contribution >= 4 is 34.9 Å². The van der Waals surface area contributed by atoms with Crippen LogP contribution in [0.1, 0.15) is 42.7 Å². The van der Waals surface area contributed by atoms with Crippen LogP contribution in [-0.4, -0.2) is 28.8 Å². The molecule has 1 atom stereocenters. The molecule has 3 rings (SSSR count). The fraction of sp³-hybridized carbons (Fsp3) is 0.421. The van der Waals surface area contributed by atoms with Crippen molar-refractivity contribution in [1.29, 1.82) is 0 Å². The quantitative estimate of drug-likeness (QED) is 0.446. The summed E-state index contributed by atoms with van der Waals surface area (Å²) in [6.07, 6.45) is 0. The second-order valence-electron chi connectivity index (χ2n) is 6.89. The molecule has 0 saturated carbocycles. The number of anilines is 1. The number of allylic oxidation sites excluding steroid dienone is 1. The zero-order valence-electron chi connectivity index (χ0n) is 16.0. The second-order valence-corrected chi connectivity index (χ2v) is 8.85. The summed E-state index contributed by atoms with van der Waals surface area (Å²) < 4.78 is 5.00. The van der Waals surface area contributed by atoms with E-state index in [1.54, 1.807) is 0 Å². The van der Waals surface area contributed by atoms with Gasteiger partial charge in [-0.3, -0.25) is 4.79 Å². The lowest BCUT2D eigenvalue weighted by molar-refractivity contribution is -0.136. The highest BCUT2D eigenvalue weighted by Crippen LogP contribution is 2.43. The number of rotatable bonds is 5. The Morgan fingerprint density at radius 1 is 1.41 bits per heavy atom. The number of nitrogens with zero attached hydrogens (tertiary/aromatic N) is 1. The molecule has 0 aliphatic carbocycles. The highest BCUT2D eigenvalue weighted by Gasteiger charge is 2.37. The molecule has 0 bridgehead atoms. The molecule has 3 heterocycles. The van der Waals surface area contributed by atoms with Gasteiger partial charge in [0.25, 0.3) is 5.56 Å². The minimum Gasteiger partial charge on any atom is -0.466 e. The number of aromatic nitrogens is 2. The average molecular weight is 406 g/mol. The Labute approximate surface area is 166 Å². The van der Waals surface area contributed by atoms with E-state index < -0.39 is 11.9 Å². The number of carbonyl (C=O) groups excluding carboxylic acids is 1. The fourth-order valence-corrected chi connectivity index (χ4v) is 4.92. The van der Waals surface area contributed by atoms with E-state index in [-0.39, 0.29) is 5.56 Å². The molecular formula is C19H23N3O3S2. The van der Waals surface area contributed by atoms with Gasteiger partial charge in [0.15, 0.2) is 5.16 Å². The molecule has 144 valence electrons. The molecule has 0 radical (unpaired) electrons. The third-order valence-electron chi connectivity index (χ3n) is 4.34. The number of thioether (sulfide) groups is 1. The van der Waals surface area contributed by atoms with Crippen molar-refractivity contribution in [3.05, 3.63) is 49.1 Å². The van der Waals surface area contributed by atoms with Crippen LogP contribution in [0.15, 0.2) is 32.7 Å². The van der Waals surface area contributed by atoms with Crippen LogP contribution in [0.5, 0.6) is 0 Å². The Kier molecular flexibility index (Phi) is 5.76. The van der Waals surface area contributed by atoms with Gasteiger partial charge < -0.3 is 15.0 Å². The number of methoxy groups -OCH3 is 1. The molecule has 2 aromatic rings. The van der Waals surface area contributed by atoms with Gasteiger partial charge in [-0.05, 0) is 36.8 Å². The number of hydrogen-bond acceptors (Lipinski definition) is 7. The molecule has 2 aromatic heterocycles. The SMILES string of the molecule is COC(=O)C1=C(C)Nc2nc(SCC(C)C)[nH]c(=O)c2C1c1sccc1C. The normalized spacial score (nSPS) is 16.3. The first-order chi connectivity index (χ1) is 12.8. The summed E-state index contributed by atoms with van der Waals surface area (Å²) in [6, 6.07) is 1.99. The molecular weight excluding hydrogens is 382 g/mol. The van der Waals surface area contributed by atoms with Crippen molar-refractivity contribution in [3.8, 4) is 0 Å². The van der Waals surface area contributed by atoms with Crippen LogP contribution in [-0.2, 0) is 9.53 Å². The highest BCUT2D eigenvalue weighted by molar-refractivity contribution is 7.99. The molecule has 0 aromatic carbocycles. The molecule has 0 spiro atoms. The summed E-state index contributed by atoms with van der Waals surface area (Å²) in [5.41, 5.74) is 2.37. The predicted octanol–water partition coefficient (Wildman–Crippen LogP) is 3.89. The first-order valence-electron chi connectivity index (χ1n) is 8.70. The van der Waals surface area contributed by atoms with Crippen molar-refractivity contribution in [2.45, 2.75) is 38.8 Å². The summed E-state index contributed by atoms with van der Waals surface area (Å²) in [4.78, 5) is 34.0. The maximum atomic E-state index is 13.0. The van der Waals surface area contributed by atoms with E-state index in [2.05, 4.69) is 29.1 Å². The first kappa shape index (κ1) is 19.7. The van der Waals surface area contributed by atoms with Crippen molar-refractivity contribution in [1.82, 2.24) is 9.97 Å². The Bertz CT molecular complexity index is 959. The largest absolute Gasteiger partial charge is 0.466 e. The van der Waals surface area contributed by atoms with Gasteiger partial charge in [-0.1, -0.05) is 25.6 Å². The Morgan fingerprint density at radius 2 is 2.15 bits per heavy atom. The summed E-state index contributed by atoms with van der Waals surface area (Å²) in [7, 11) is 1.35. The number of thiophene rings is 1. The van der Waals surface area contributed by atoms with E-state index in [0.29, 0.717) is 33.7 Å². The van der Waals surface area contributed by atoms with E-state index in [1.807, 2.05) is 25.3 Å². The second kappa shape index (κ2) is 7.90. The standard InChI is InChI=1S/C19H23N3O3S2/c1-9(2)8-27-19-21-16-14(17(23)22-19)13(15-10(3)6-7-26-15)12(11(4)20-16)18(24)25-5/h6-7,9,13H,8H2,1-5H3,(H2,20,21,22,23). The molecule has 1 aliphatic rings. The van der Waals surface area contributed by atoms with Gasteiger partial charge in [0, 0.05) is 16.3 Å². The number of carbonyl (C=O) groups is 1. The molecule has 0 saturated heterocycles. The lowest BCUT2D eigenvalue weighted by Gasteiger charge is -2.28. The van der Waals surface area contributed by atoms with Gasteiger partial charge in [-0.2, -0.15) is 0 Å². The lowest BCUT2D eigenvalue weighted by Crippen LogP contribution is -2.30. The van der Waals surface area contributed by atoms with Crippen LogP contribution in [0, 0.1) is 12.8 Å². The predicted molar refractivity (Wildman–Crippen MR) is 110 cm³/mol. The number of nitrogens with one attached hydrogen (secondary N) is 2. The van der Waals surface area contributed by atoms with E-state index in [9.17, 15) is 9.59 Å². The number of esters is 1. The monoisotopic (exact) mass is 405 g/mol. The summed E-state index contributed by atoms with van der Waals surface area (Å²) >= 11 is 3.04. The third-order valence-corrected chi connectivity index (χ3v) is 6.73. The average Bonchev–Trinajstić information content (AvgIpc) is 3.03. The zero-order valence-corrected chi connectivity index (χ0v) is 17.6. The minimum absolute atomic E-state index is 0.231. The number of aromatic amines is 1. The summed E-state index contributed by atoms with van der Waals surface area (Å²) in [6.45, 7) is 8.03. The Balaban J connectivity index is 2.17. The number of hydrogen-bond donors (Lipinski definition) is 2. The van der Waals surface area contributed by atoms with E-state index >= 15 is 0 Å². The smallest absolute Gasteiger partial charge is 0.336 e. The minimum atomic E-state index is -0.492. The van der Waals surface area contributed by atoms with Crippen molar-refractivity contribution < 1.29 is 9.53 Å². The highest BCUT2D eigenvalue weighted by atomic mass is 32.2. The van der Waals surface area contributed by atoms with E-state index in [4.69, 9.17) is 4.74 Å². The molecule has 2 N–H and O–H groups in total. The molecule has 27 heavy (non-hydrogen) atoms. The van der Waals surface area contributed by atoms with Crippen LogP contribution in [0.3, 0.4) is 0 Å². The van der Waals surface area contributed by atoms with Crippen molar-refractivity contribution in [2.75, 3.05) is 18.2 Å². The number of H-pyrrole nitrogens is 1. The summed E-state index contributed by atoms with van der Waals surface area (Å²) in [5.74, 6) is 0.916. The molecule has 1 aliphatic heterocycles. The van der Waals surface area contributed by atoms with Crippen LogP contribution in [0.25, 0.3) is 0 Å².